The number of likely N-dealkylation sites (N-methyl/N-ethyl adjacent to an activating group) is 1. The molecule has 0 fully saturated rings. The molecule has 0 bridgehead atoms. The lowest BCUT2D eigenvalue weighted by atomic mass is 10.4. The fraction of sp³-hybridized carbons (Fsp3) is 0.692. The Morgan fingerprint density at radius 3 is 2.70 bits per heavy atom. The van der Waals surface area contributed by atoms with Gasteiger partial charge in [-0.05, 0) is 32.5 Å². The van der Waals surface area contributed by atoms with E-state index in [1.54, 1.807) is 6.07 Å². The molecule has 6 nitrogen and oxygen atoms in total. The summed E-state index contributed by atoms with van der Waals surface area (Å²) >= 11 is 0. The van der Waals surface area contributed by atoms with Gasteiger partial charge in [0.25, 0.3) is 10.0 Å². The summed E-state index contributed by atoms with van der Waals surface area (Å²) in [6, 6.07) is 3.16. The standard InChI is InChI=1S/C13H24N2O4S/c1-5-14-10-12-6-7-13(19-12)20(16,17)15(4)8-9-18-11(2)3/h6-7,11,14H,5,8-10H2,1-4H3. The van der Waals surface area contributed by atoms with Crippen LogP contribution < -0.4 is 5.32 Å². The van der Waals surface area contributed by atoms with E-state index in [0.29, 0.717) is 25.5 Å². The second-order valence-electron chi connectivity index (χ2n) is 4.75. The Morgan fingerprint density at radius 1 is 1.40 bits per heavy atom. The zero-order valence-corrected chi connectivity index (χ0v) is 13.4. The van der Waals surface area contributed by atoms with Crippen molar-refractivity contribution in [1.29, 1.82) is 0 Å². The van der Waals surface area contributed by atoms with Crippen molar-refractivity contribution >= 4 is 10.0 Å². The molecule has 0 unspecified atom stereocenters. The molecule has 1 heterocycles. The van der Waals surface area contributed by atoms with Crippen LogP contribution in [0.25, 0.3) is 0 Å². The predicted octanol–water partition coefficient (Wildman–Crippen LogP) is 1.43. The van der Waals surface area contributed by atoms with Crippen molar-refractivity contribution in [3.05, 3.63) is 17.9 Å². The van der Waals surface area contributed by atoms with E-state index in [0.717, 1.165) is 6.54 Å². The van der Waals surface area contributed by atoms with Crippen LogP contribution in [0.4, 0.5) is 0 Å². The molecule has 0 saturated heterocycles. The van der Waals surface area contributed by atoms with Gasteiger partial charge in [0.15, 0.2) is 0 Å². The first-order valence-electron chi connectivity index (χ1n) is 6.75. The third-order valence-electron chi connectivity index (χ3n) is 2.71. The van der Waals surface area contributed by atoms with Crippen LogP contribution in [0.3, 0.4) is 0 Å². The molecule has 0 spiro atoms. The van der Waals surface area contributed by atoms with Crippen molar-refractivity contribution in [1.82, 2.24) is 9.62 Å². The summed E-state index contributed by atoms with van der Waals surface area (Å²) in [7, 11) is -2.06. The van der Waals surface area contributed by atoms with Gasteiger partial charge >= 0.3 is 0 Å². The average Bonchev–Trinajstić information content (AvgIpc) is 2.85. The average molecular weight is 304 g/mol. The molecule has 0 aliphatic rings. The minimum atomic E-state index is -3.58. The Kier molecular flexibility index (Phi) is 6.67. The number of sulfonamides is 1. The summed E-state index contributed by atoms with van der Waals surface area (Å²) < 4.78 is 36.5. The molecule has 0 atom stereocenters. The minimum absolute atomic E-state index is 0.0301. The molecule has 1 N–H and O–H groups in total. The van der Waals surface area contributed by atoms with E-state index in [2.05, 4.69) is 5.32 Å². The van der Waals surface area contributed by atoms with Gasteiger partial charge in [0.2, 0.25) is 5.09 Å². The topological polar surface area (TPSA) is 71.8 Å². The number of furan rings is 1. The van der Waals surface area contributed by atoms with Crippen molar-refractivity contribution in [2.24, 2.45) is 0 Å². The van der Waals surface area contributed by atoms with Crippen LogP contribution in [-0.2, 0) is 21.3 Å². The predicted molar refractivity (Wildman–Crippen MR) is 77.0 cm³/mol. The summed E-state index contributed by atoms with van der Waals surface area (Å²) in [6.45, 7) is 7.77. The highest BCUT2D eigenvalue weighted by molar-refractivity contribution is 7.89. The first kappa shape index (κ1) is 17.2. The highest BCUT2D eigenvalue weighted by atomic mass is 32.2. The number of nitrogens with one attached hydrogen (secondary N) is 1. The largest absolute Gasteiger partial charge is 0.447 e. The van der Waals surface area contributed by atoms with Gasteiger partial charge in [0, 0.05) is 13.6 Å². The fourth-order valence-corrected chi connectivity index (χ4v) is 2.61. The van der Waals surface area contributed by atoms with E-state index in [9.17, 15) is 8.42 Å². The number of nitrogens with zero attached hydrogens (tertiary/aromatic N) is 1. The Hall–Kier alpha value is -0.890. The molecule has 0 saturated carbocycles. The van der Waals surface area contributed by atoms with Crippen LogP contribution in [0, 0.1) is 0 Å². The molecule has 0 aliphatic heterocycles. The third-order valence-corrected chi connectivity index (χ3v) is 4.44. The number of rotatable bonds is 9. The Labute approximate surface area is 121 Å². The molecule has 7 heteroatoms. The van der Waals surface area contributed by atoms with Gasteiger partial charge in [-0.3, -0.25) is 0 Å². The maximum Gasteiger partial charge on any atom is 0.276 e. The van der Waals surface area contributed by atoms with Crippen molar-refractivity contribution in [3.8, 4) is 0 Å². The summed E-state index contributed by atoms with van der Waals surface area (Å²) in [5.41, 5.74) is 0. The van der Waals surface area contributed by atoms with Crippen molar-refractivity contribution in [2.75, 3.05) is 26.7 Å². The maximum atomic E-state index is 12.3. The number of hydrogen-bond acceptors (Lipinski definition) is 5. The molecule has 1 rings (SSSR count). The summed E-state index contributed by atoms with van der Waals surface area (Å²) in [5, 5.41) is 3.05. The van der Waals surface area contributed by atoms with E-state index in [1.807, 2.05) is 20.8 Å². The first-order chi connectivity index (χ1) is 9.37. The van der Waals surface area contributed by atoms with Gasteiger partial charge in [-0.1, -0.05) is 6.92 Å². The van der Waals surface area contributed by atoms with Crippen LogP contribution in [0.5, 0.6) is 0 Å². The Bertz CT molecular complexity index is 496. The van der Waals surface area contributed by atoms with Gasteiger partial charge in [-0.15, -0.1) is 0 Å². The molecule has 0 aliphatic carbocycles. The molecule has 0 radical (unpaired) electrons. The molecular formula is C13H24N2O4S. The summed E-state index contributed by atoms with van der Waals surface area (Å²) in [6.07, 6.45) is 0.0847. The van der Waals surface area contributed by atoms with E-state index >= 15 is 0 Å². The highest BCUT2D eigenvalue weighted by Crippen LogP contribution is 2.17. The van der Waals surface area contributed by atoms with E-state index in [1.165, 1.54) is 17.4 Å². The molecule has 0 aromatic carbocycles. The highest BCUT2D eigenvalue weighted by Gasteiger charge is 2.24. The minimum Gasteiger partial charge on any atom is -0.447 e. The molecule has 116 valence electrons. The zero-order valence-electron chi connectivity index (χ0n) is 12.5. The molecule has 1 aromatic rings. The Morgan fingerprint density at radius 2 is 2.10 bits per heavy atom. The van der Waals surface area contributed by atoms with Gasteiger partial charge in [-0.25, -0.2) is 8.42 Å². The lowest BCUT2D eigenvalue weighted by Gasteiger charge is -2.16. The van der Waals surface area contributed by atoms with Gasteiger partial charge < -0.3 is 14.5 Å². The smallest absolute Gasteiger partial charge is 0.276 e. The fourth-order valence-electron chi connectivity index (χ4n) is 1.53. The van der Waals surface area contributed by atoms with Crippen LogP contribution in [-0.4, -0.2) is 45.6 Å². The summed E-state index contributed by atoms with van der Waals surface area (Å²) in [4.78, 5) is 0. The second kappa shape index (κ2) is 7.78. The third kappa shape index (κ3) is 4.90. The van der Waals surface area contributed by atoms with E-state index in [4.69, 9.17) is 9.15 Å². The lowest BCUT2D eigenvalue weighted by Crippen LogP contribution is -2.30. The zero-order chi connectivity index (χ0) is 15.2. The molecule has 1 aromatic heterocycles. The maximum absolute atomic E-state index is 12.3. The van der Waals surface area contributed by atoms with Gasteiger partial charge in [-0.2, -0.15) is 4.31 Å². The van der Waals surface area contributed by atoms with Crippen LogP contribution >= 0.6 is 0 Å². The molecule has 20 heavy (non-hydrogen) atoms. The van der Waals surface area contributed by atoms with Crippen molar-refractivity contribution in [2.45, 2.75) is 38.5 Å². The van der Waals surface area contributed by atoms with E-state index in [-0.39, 0.29) is 11.2 Å². The first-order valence-corrected chi connectivity index (χ1v) is 8.19. The SMILES string of the molecule is CCNCc1ccc(S(=O)(=O)N(C)CCOC(C)C)o1. The van der Waals surface area contributed by atoms with Gasteiger partial charge in [0.05, 0.1) is 19.3 Å². The monoisotopic (exact) mass is 304 g/mol. The lowest BCUT2D eigenvalue weighted by molar-refractivity contribution is 0.0735. The van der Waals surface area contributed by atoms with E-state index < -0.39 is 10.0 Å². The number of ether oxygens (including phenoxy) is 1. The summed E-state index contributed by atoms with van der Waals surface area (Å²) in [5.74, 6) is 0.609. The molecule has 0 amide bonds. The van der Waals surface area contributed by atoms with Crippen LogP contribution in [0.1, 0.15) is 26.5 Å². The molecular weight excluding hydrogens is 280 g/mol. The van der Waals surface area contributed by atoms with Crippen LogP contribution in [0.2, 0.25) is 0 Å². The van der Waals surface area contributed by atoms with Crippen molar-refractivity contribution in [3.63, 3.8) is 0 Å². The van der Waals surface area contributed by atoms with Crippen molar-refractivity contribution < 1.29 is 17.6 Å². The van der Waals surface area contributed by atoms with Crippen LogP contribution in [0.15, 0.2) is 21.6 Å². The second-order valence-corrected chi connectivity index (χ2v) is 6.72. The number of hydrogen-bond donors (Lipinski definition) is 1. The Balaban J connectivity index is 2.64. The van der Waals surface area contributed by atoms with Gasteiger partial charge in [0.1, 0.15) is 5.76 Å². The normalized spacial score (nSPS) is 12.5. The quantitative estimate of drug-likeness (QED) is 0.747.